The van der Waals surface area contributed by atoms with Gasteiger partial charge in [0.25, 0.3) is 0 Å². The lowest BCUT2D eigenvalue weighted by Crippen LogP contribution is -2.58. The minimum absolute atomic E-state index is 0.0214. The lowest BCUT2D eigenvalue weighted by Gasteiger charge is -2.35. The molecule has 2 heterocycles. The number of piperidine rings is 1. The fourth-order valence-corrected chi connectivity index (χ4v) is 1.60. The molecule has 4 nitrogen and oxygen atoms in total. The van der Waals surface area contributed by atoms with Crippen molar-refractivity contribution in [3.05, 3.63) is 0 Å². The van der Waals surface area contributed by atoms with Crippen LogP contribution in [0.1, 0.15) is 6.42 Å². The molecule has 2 fully saturated rings. The SMILES string of the molecule is O=C1CO[C@@H]2CNCC[C@H]2N1. The van der Waals surface area contributed by atoms with Crippen molar-refractivity contribution in [2.45, 2.75) is 18.6 Å². The Kier molecular flexibility index (Phi) is 1.79. The number of amides is 1. The Morgan fingerprint density at radius 3 is 3.36 bits per heavy atom. The Hall–Kier alpha value is -0.610. The Labute approximate surface area is 65.3 Å². The Balaban J connectivity index is 1.98. The molecule has 0 aromatic carbocycles. The van der Waals surface area contributed by atoms with Gasteiger partial charge in [-0.3, -0.25) is 4.79 Å². The van der Waals surface area contributed by atoms with Crippen molar-refractivity contribution in [3.63, 3.8) is 0 Å². The van der Waals surface area contributed by atoms with Crippen molar-refractivity contribution in [1.29, 1.82) is 0 Å². The normalized spacial score (nSPS) is 37.6. The van der Waals surface area contributed by atoms with E-state index in [9.17, 15) is 4.79 Å². The van der Waals surface area contributed by atoms with E-state index >= 15 is 0 Å². The highest BCUT2D eigenvalue weighted by Gasteiger charge is 2.31. The summed E-state index contributed by atoms with van der Waals surface area (Å²) in [6.07, 6.45) is 1.18. The van der Waals surface area contributed by atoms with E-state index in [1.54, 1.807) is 0 Å². The summed E-state index contributed by atoms with van der Waals surface area (Å²) >= 11 is 0. The van der Waals surface area contributed by atoms with E-state index < -0.39 is 0 Å². The first-order chi connectivity index (χ1) is 5.36. The standard InChI is InChI=1S/C7H12N2O2/c10-7-4-11-6-3-8-2-1-5(6)9-7/h5-6,8H,1-4H2,(H,9,10)/t5-,6-/m1/s1. The molecule has 0 aromatic heterocycles. The van der Waals surface area contributed by atoms with E-state index in [0.29, 0.717) is 0 Å². The van der Waals surface area contributed by atoms with Crippen LogP contribution in [0, 0.1) is 0 Å². The smallest absolute Gasteiger partial charge is 0.246 e. The van der Waals surface area contributed by atoms with E-state index in [1.807, 2.05) is 0 Å². The van der Waals surface area contributed by atoms with Crippen molar-refractivity contribution in [2.24, 2.45) is 0 Å². The molecule has 0 saturated carbocycles. The number of carbonyl (C=O) groups is 1. The lowest BCUT2D eigenvalue weighted by atomic mass is 10.0. The van der Waals surface area contributed by atoms with Gasteiger partial charge in [-0.15, -0.1) is 0 Å². The number of rotatable bonds is 0. The molecule has 0 aliphatic carbocycles. The zero-order chi connectivity index (χ0) is 7.68. The van der Waals surface area contributed by atoms with Crippen LogP contribution in [0.2, 0.25) is 0 Å². The number of ether oxygens (including phenoxy) is 1. The second-order valence-corrected chi connectivity index (χ2v) is 3.02. The molecule has 0 bridgehead atoms. The van der Waals surface area contributed by atoms with Gasteiger partial charge in [0.05, 0.1) is 12.1 Å². The van der Waals surface area contributed by atoms with Crippen LogP contribution < -0.4 is 10.6 Å². The summed E-state index contributed by atoms with van der Waals surface area (Å²) < 4.78 is 5.32. The zero-order valence-electron chi connectivity index (χ0n) is 6.30. The van der Waals surface area contributed by atoms with Crippen LogP contribution in [-0.4, -0.2) is 37.7 Å². The summed E-state index contributed by atoms with van der Waals surface area (Å²) in [5, 5.41) is 6.14. The monoisotopic (exact) mass is 156 g/mol. The van der Waals surface area contributed by atoms with E-state index in [2.05, 4.69) is 10.6 Å². The number of hydrogen-bond donors (Lipinski definition) is 2. The molecule has 0 radical (unpaired) electrons. The van der Waals surface area contributed by atoms with Gasteiger partial charge in [-0.05, 0) is 13.0 Å². The van der Waals surface area contributed by atoms with Crippen LogP contribution in [-0.2, 0) is 9.53 Å². The molecule has 2 N–H and O–H groups in total. The Morgan fingerprint density at radius 1 is 1.55 bits per heavy atom. The van der Waals surface area contributed by atoms with Gasteiger partial charge < -0.3 is 15.4 Å². The highest BCUT2D eigenvalue weighted by Crippen LogP contribution is 2.10. The molecule has 2 atom stereocenters. The maximum Gasteiger partial charge on any atom is 0.246 e. The molecular weight excluding hydrogens is 144 g/mol. The number of morpholine rings is 1. The fraction of sp³-hybridized carbons (Fsp3) is 0.857. The van der Waals surface area contributed by atoms with E-state index in [1.165, 1.54) is 0 Å². The molecule has 2 rings (SSSR count). The molecule has 2 aliphatic rings. The second kappa shape index (κ2) is 2.79. The topological polar surface area (TPSA) is 50.4 Å². The molecule has 2 saturated heterocycles. The first-order valence-corrected chi connectivity index (χ1v) is 3.98. The highest BCUT2D eigenvalue weighted by atomic mass is 16.5. The summed E-state index contributed by atoms with van der Waals surface area (Å²) in [5.74, 6) is 0.0214. The minimum Gasteiger partial charge on any atom is -0.365 e. The van der Waals surface area contributed by atoms with Crippen molar-refractivity contribution < 1.29 is 9.53 Å². The quantitative estimate of drug-likeness (QED) is 0.466. The summed E-state index contributed by atoms with van der Waals surface area (Å²) in [4.78, 5) is 10.9. The van der Waals surface area contributed by atoms with Crippen molar-refractivity contribution in [1.82, 2.24) is 10.6 Å². The third-order valence-corrected chi connectivity index (χ3v) is 2.20. The molecule has 0 aromatic rings. The minimum atomic E-state index is 0.0214. The van der Waals surface area contributed by atoms with Gasteiger partial charge in [0, 0.05) is 6.54 Å². The molecule has 0 spiro atoms. The number of nitrogens with one attached hydrogen (secondary N) is 2. The van der Waals surface area contributed by atoms with Crippen LogP contribution in [0.5, 0.6) is 0 Å². The van der Waals surface area contributed by atoms with Crippen molar-refractivity contribution >= 4 is 5.91 Å². The maximum absolute atomic E-state index is 10.9. The third kappa shape index (κ3) is 1.36. The van der Waals surface area contributed by atoms with Crippen molar-refractivity contribution in [3.8, 4) is 0 Å². The summed E-state index contributed by atoms with van der Waals surface area (Å²) in [6.45, 7) is 2.07. The molecule has 2 aliphatic heterocycles. The Bertz CT molecular complexity index is 172. The predicted octanol–water partition coefficient (Wildman–Crippen LogP) is -1.14. The van der Waals surface area contributed by atoms with Crippen molar-refractivity contribution in [2.75, 3.05) is 19.7 Å². The van der Waals surface area contributed by atoms with Gasteiger partial charge in [0.1, 0.15) is 6.61 Å². The van der Waals surface area contributed by atoms with Crippen LogP contribution in [0.3, 0.4) is 0 Å². The van der Waals surface area contributed by atoms with Crippen LogP contribution in [0.25, 0.3) is 0 Å². The first-order valence-electron chi connectivity index (χ1n) is 3.98. The summed E-state index contributed by atoms with van der Waals surface area (Å²) in [7, 11) is 0. The average Bonchev–Trinajstić information content (AvgIpc) is 2.04. The summed E-state index contributed by atoms with van der Waals surface area (Å²) in [5.41, 5.74) is 0. The van der Waals surface area contributed by atoms with Crippen LogP contribution in [0.4, 0.5) is 0 Å². The fourth-order valence-electron chi connectivity index (χ4n) is 1.60. The zero-order valence-corrected chi connectivity index (χ0v) is 6.30. The van der Waals surface area contributed by atoms with Gasteiger partial charge in [-0.1, -0.05) is 0 Å². The maximum atomic E-state index is 10.9. The molecule has 62 valence electrons. The van der Waals surface area contributed by atoms with Gasteiger partial charge in [-0.2, -0.15) is 0 Å². The largest absolute Gasteiger partial charge is 0.365 e. The van der Waals surface area contributed by atoms with E-state index in [4.69, 9.17) is 4.74 Å². The first kappa shape index (κ1) is 7.06. The van der Waals surface area contributed by atoms with E-state index in [0.717, 1.165) is 19.5 Å². The van der Waals surface area contributed by atoms with Gasteiger partial charge >= 0.3 is 0 Å². The van der Waals surface area contributed by atoms with E-state index in [-0.39, 0.29) is 24.7 Å². The molecule has 0 unspecified atom stereocenters. The second-order valence-electron chi connectivity index (χ2n) is 3.02. The van der Waals surface area contributed by atoms with Crippen LogP contribution >= 0.6 is 0 Å². The number of hydrogen-bond acceptors (Lipinski definition) is 3. The van der Waals surface area contributed by atoms with Crippen LogP contribution in [0.15, 0.2) is 0 Å². The van der Waals surface area contributed by atoms with Gasteiger partial charge in [0.2, 0.25) is 5.91 Å². The lowest BCUT2D eigenvalue weighted by molar-refractivity contribution is -0.137. The molecule has 11 heavy (non-hydrogen) atoms. The predicted molar refractivity (Wildman–Crippen MR) is 39.2 cm³/mol. The van der Waals surface area contributed by atoms with Gasteiger partial charge in [-0.25, -0.2) is 0 Å². The summed E-state index contributed by atoms with van der Waals surface area (Å²) in [6, 6.07) is 0.248. The Morgan fingerprint density at radius 2 is 2.45 bits per heavy atom. The molecule has 1 amide bonds. The average molecular weight is 156 g/mol. The number of fused-ring (bicyclic) bond motifs is 1. The highest BCUT2D eigenvalue weighted by molar-refractivity contribution is 5.78. The molecule has 4 heteroatoms. The van der Waals surface area contributed by atoms with Gasteiger partial charge in [0.15, 0.2) is 0 Å². The molecular formula is C7H12N2O2. The number of carbonyl (C=O) groups excluding carboxylic acids is 1. The third-order valence-electron chi connectivity index (χ3n) is 2.20.